The van der Waals surface area contributed by atoms with Gasteiger partial charge in [0, 0.05) is 25.4 Å². The maximum Gasteiger partial charge on any atom is 0.323 e. The minimum Gasteiger partial charge on any atom is -0.459 e. The van der Waals surface area contributed by atoms with Gasteiger partial charge in [0.15, 0.2) is 0 Å². The molecule has 0 aromatic heterocycles. The van der Waals surface area contributed by atoms with E-state index in [1.165, 1.54) is 12.0 Å². The molecule has 0 N–H and O–H groups in total. The summed E-state index contributed by atoms with van der Waals surface area (Å²) in [6, 6.07) is 10.6. The van der Waals surface area contributed by atoms with Crippen molar-refractivity contribution in [3.63, 3.8) is 0 Å². The number of hydrogen-bond acceptors (Lipinski definition) is 4. The first-order valence-electron chi connectivity index (χ1n) is 10.9. The Kier molecular flexibility index (Phi) is 6.92. The van der Waals surface area contributed by atoms with Crippen LogP contribution in [0.4, 0.5) is 0 Å². The van der Waals surface area contributed by atoms with E-state index in [1.807, 2.05) is 26.8 Å². The number of rotatable bonds is 6. The molecule has 2 fully saturated rings. The number of hydrogen-bond donors (Lipinski definition) is 0. The Labute approximate surface area is 169 Å². The van der Waals surface area contributed by atoms with Gasteiger partial charge in [-0.1, -0.05) is 30.3 Å². The van der Waals surface area contributed by atoms with E-state index in [-0.39, 0.29) is 12.0 Å². The zero-order valence-electron chi connectivity index (χ0n) is 17.7. The maximum absolute atomic E-state index is 12.8. The van der Waals surface area contributed by atoms with E-state index in [1.54, 1.807) is 0 Å². The molecule has 3 atom stereocenters. The van der Waals surface area contributed by atoms with Crippen LogP contribution in [0.1, 0.15) is 77.7 Å². The number of Topliss-reactive ketones (excluding diaryl/α,β-unsaturated/α-hetero) is 1. The van der Waals surface area contributed by atoms with Crippen molar-refractivity contribution in [2.24, 2.45) is 5.92 Å². The summed E-state index contributed by atoms with van der Waals surface area (Å²) in [5.74, 6) is 0.856. The molecule has 0 amide bonds. The molecule has 4 nitrogen and oxygen atoms in total. The Hall–Kier alpha value is -1.68. The topological polar surface area (TPSA) is 46.6 Å². The highest BCUT2D eigenvalue weighted by molar-refractivity contribution is 5.79. The summed E-state index contributed by atoms with van der Waals surface area (Å²) in [5, 5.41) is 0. The van der Waals surface area contributed by atoms with E-state index in [2.05, 4.69) is 29.2 Å². The predicted molar refractivity (Wildman–Crippen MR) is 111 cm³/mol. The summed E-state index contributed by atoms with van der Waals surface area (Å²) in [4.78, 5) is 27.0. The van der Waals surface area contributed by atoms with Gasteiger partial charge >= 0.3 is 5.97 Å². The quantitative estimate of drug-likeness (QED) is 0.654. The van der Waals surface area contributed by atoms with Gasteiger partial charge in [0.2, 0.25) is 0 Å². The molecule has 28 heavy (non-hydrogen) atoms. The number of carbonyl (C=O) groups is 2. The maximum atomic E-state index is 12.8. The zero-order chi connectivity index (χ0) is 20.1. The van der Waals surface area contributed by atoms with Crippen molar-refractivity contribution >= 4 is 11.8 Å². The normalized spacial score (nSPS) is 26.4. The Morgan fingerprint density at radius 2 is 1.86 bits per heavy atom. The van der Waals surface area contributed by atoms with E-state index in [4.69, 9.17) is 4.74 Å². The van der Waals surface area contributed by atoms with Gasteiger partial charge in [-0.15, -0.1) is 0 Å². The average molecular weight is 386 g/mol. The molecule has 1 aliphatic heterocycles. The lowest BCUT2D eigenvalue weighted by Gasteiger charge is -2.32. The lowest BCUT2D eigenvalue weighted by molar-refractivity contribution is -0.161. The lowest BCUT2D eigenvalue weighted by Crippen LogP contribution is -2.43. The molecule has 154 valence electrons. The predicted octanol–water partition coefficient (Wildman–Crippen LogP) is 4.90. The summed E-state index contributed by atoms with van der Waals surface area (Å²) in [7, 11) is 0. The molecular formula is C24H35NO3. The first-order valence-corrected chi connectivity index (χ1v) is 10.9. The lowest BCUT2D eigenvalue weighted by atomic mass is 9.84. The molecule has 1 heterocycles. The van der Waals surface area contributed by atoms with Crippen LogP contribution in [0.15, 0.2) is 30.3 Å². The van der Waals surface area contributed by atoms with Gasteiger partial charge in [0.05, 0.1) is 0 Å². The van der Waals surface area contributed by atoms with Crippen molar-refractivity contribution in [2.75, 3.05) is 0 Å². The summed E-state index contributed by atoms with van der Waals surface area (Å²) >= 11 is 0. The van der Waals surface area contributed by atoms with Gasteiger partial charge in [-0.05, 0) is 70.8 Å². The van der Waals surface area contributed by atoms with Crippen LogP contribution in [0.25, 0.3) is 0 Å². The van der Waals surface area contributed by atoms with E-state index in [0.717, 1.165) is 51.5 Å². The van der Waals surface area contributed by atoms with Gasteiger partial charge in [0.25, 0.3) is 0 Å². The van der Waals surface area contributed by atoms with Crippen LogP contribution in [0.2, 0.25) is 0 Å². The highest BCUT2D eigenvalue weighted by atomic mass is 16.6. The molecule has 4 heteroatoms. The first-order chi connectivity index (χ1) is 13.3. The standard InChI is InChI=1S/C24H35NO3/c1-24(2,3)28-23(27)22-15-14-20(13-12-18-10-7-11-21(26)16-18)25(22)17-19-8-5-4-6-9-19/h4-6,8-9,18,20,22H,7,10-17H2,1-3H3/t18-,20-,22-/m1/s1. The van der Waals surface area contributed by atoms with Crippen molar-refractivity contribution in [3.05, 3.63) is 35.9 Å². The van der Waals surface area contributed by atoms with Crippen LogP contribution in [-0.4, -0.2) is 34.3 Å². The molecule has 1 aromatic rings. The molecular weight excluding hydrogens is 350 g/mol. The van der Waals surface area contributed by atoms with Crippen molar-refractivity contribution in [3.8, 4) is 0 Å². The van der Waals surface area contributed by atoms with E-state index < -0.39 is 5.60 Å². The summed E-state index contributed by atoms with van der Waals surface area (Å²) < 4.78 is 5.72. The van der Waals surface area contributed by atoms with Crippen molar-refractivity contribution in [1.82, 2.24) is 4.90 Å². The molecule has 0 unspecified atom stereocenters. The van der Waals surface area contributed by atoms with E-state index >= 15 is 0 Å². The van der Waals surface area contributed by atoms with Crippen molar-refractivity contribution in [1.29, 1.82) is 0 Å². The molecule has 2 aliphatic rings. The second kappa shape index (κ2) is 9.21. The van der Waals surface area contributed by atoms with Crippen LogP contribution < -0.4 is 0 Å². The molecule has 0 bridgehead atoms. The van der Waals surface area contributed by atoms with Crippen LogP contribution in [0.5, 0.6) is 0 Å². The monoisotopic (exact) mass is 385 g/mol. The molecule has 0 radical (unpaired) electrons. The third kappa shape index (κ3) is 5.91. The van der Waals surface area contributed by atoms with Gasteiger partial charge in [-0.3, -0.25) is 14.5 Å². The molecule has 1 aliphatic carbocycles. The Balaban J connectivity index is 1.67. The molecule has 1 saturated heterocycles. The number of benzene rings is 1. The summed E-state index contributed by atoms with van der Waals surface area (Å²) in [6.07, 6.45) is 7.76. The SMILES string of the molecule is CC(C)(C)OC(=O)[C@H]1CC[C@@H](CC[C@H]2CCCC(=O)C2)N1Cc1ccccc1. The fourth-order valence-corrected chi connectivity index (χ4v) is 4.69. The highest BCUT2D eigenvalue weighted by Crippen LogP contribution is 2.34. The van der Waals surface area contributed by atoms with Crippen LogP contribution in [0.3, 0.4) is 0 Å². The molecule has 3 rings (SSSR count). The Morgan fingerprint density at radius 1 is 1.11 bits per heavy atom. The molecule has 0 spiro atoms. The first kappa shape index (κ1) is 21.0. The van der Waals surface area contributed by atoms with E-state index in [0.29, 0.717) is 17.7 Å². The second-order valence-corrected chi connectivity index (χ2v) is 9.52. The van der Waals surface area contributed by atoms with Crippen LogP contribution in [-0.2, 0) is 20.9 Å². The Bertz CT molecular complexity index is 664. The van der Waals surface area contributed by atoms with Crippen LogP contribution >= 0.6 is 0 Å². The van der Waals surface area contributed by atoms with E-state index in [9.17, 15) is 9.59 Å². The fraction of sp³-hybridized carbons (Fsp3) is 0.667. The van der Waals surface area contributed by atoms with Gasteiger partial charge < -0.3 is 4.74 Å². The minimum atomic E-state index is -0.462. The Morgan fingerprint density at radius 3 is 2.54 bits per heavy atom. The second-order valence-electron chi connectivity index (χ2n) is 9.52. The van der Waals surface area contributed by atoms with Crippen molar-refractivity contribution in [2.45, 2.75) is 96.4 Å². The molecule has 1 saturated carbocycles. The number of likely N-dealkylation sites (tertiary alicyclic amines) is 1. The van der Waals surface area contributed by atoms with Crippen LogP contribution in [0, 0.1) is 5.92 Å². The zero-order valence-corrected chi connectivity index (χ0v) is 17.7. The van der Waals surface area contributed by atoms with Gasteiger partial charge in [-0.25, -0.2) is 0 Å². The number of nitrogens with zero attached hydrogens (tertiary/aromatic N) is 1. The number of ether oxygens (including phenoxy) is 1. The minimum absolute atomic E-state index is 0.0984. The highest BCUT2D eigenvalue weighted by Gasteiger charge is 2.40. The van der Waals surface area contributed by atoms with Gasteiger partial charge in [-0.2, -0.15) is 0 Å². The third-order valence-corrected chi connectivity index (χ3v) is 6.02. The number of ketones is 1. The third-order valence-electron chi connectivity index (χ3n) is 6.02. The molecule has 1 aromatic carbocycles. The summed E-state index contributed by atoms with van der Waals surface area (Å²) in [5.41, 5.74) is 0.770. The smallest absolute Gasteiger partial charge is 0.323 e. The average Bonchev–Trinajstić information content (AvgIpc) is 3.02. The number of esters is 1. The largest absolute Gasteiger partial charge is 0.459 e. The van der Waals surface area contributed by atoms with Crippen molar-refractivity contribution < 1.29 is 14.3 Å². The van der Waals surface area contributed by atoms with Gasteiger partial charge in [0.1, 0.15) is 17.4 Å². The number of carbonyl (C=O) groups excluding carboxylic acids is 2. The fourth-order valence-electron chi connectivity index (χ4n) is 4.69. The summed E-state index contributed by atoms with van der Waals surface area (Å²) in [6.45, 7) is 6.57.